The third kappa shape index (κ3) is 14.6. The van der Waals surface area contributed by atoms with E-state index in [0.717, 1.165) is 69.9 Å². The van der Waals surface area contributed by atoms with Gasteiger partial charge in [-0.15, -0.1) is 53.2 Å². The van der Waals surface area contributed by atoms with Crippen molar-refractivity contribution in [3.8, 4) is 15.4 Å². The molecule has 8 aromatic heterocycles. The van der Waals surface area contributed by atoms with Crippen molar-refractivity contribution in [3.63, 3.8) is 0 Å². The Morgan fingerprint density at radius 1 is 0.554 bits per heavy atom. The van der Waals surface area contributed by atoms with Crippen molar-refractivity contribution in [2.24, 2.45) is 5.73 Å². The number of aryl methyl sites for hydroxylation is 6. The summed E-state index contributed by atoms with van der Waals surface area (Å²) < 4.78 is 37.0. The van der Waals surface area contributed by atoms with Crippen LogP contribution in [0.4, 0.5) is 0 Å². The summed E-state index contributed by atoms with van der Waals surface area (Å²) in [4.78, 5) is 55.9. The summed E-state index contributed by atoms with van der Waals surface area (Å²) in [5.41, 5.74) is 11.0. The van der Waals surface area contributed by atoms with Crippen LogP contribution in [0.5, 0.6) is 0 Å². The van der Waals surface area contributed by atoms with Gasteiger partial charge in [0.2, 0.25) is 25.4 Å². The third-order valence-electron chi connectivity index (χ3n) is 12.7. The number of nitrogens with one attached hydrogen (secondary N) is 4. The number of aromatic amines is 3. The summed E-state index contributed by atoms with van der Waals surface area (Å²) in [6.07, 6.45) is 4.12. The number of fused-ring (bicyclic) bond motifs is 4. The second-order valence-electron chi connectivity index (χ2n) is 19.5. The van der Waals surface area contributed by atoms with Gasteiger partial charge < -0.3 is 20.7 Å². The molecule has 12 aromatic rings. The van der Waals surface area contributed by atoms with Crippen LogP contribution in [0.1, 0.15) is 73.4 Å². The third-order valence-corrected chi connectivity index (χ3v) is 18.1. The van der Waals surface area contributed by atoms with Crippen molar-refractivity contribution in [3.05, 3.63) is 157 Å². The average Bonchev–Trinajstić information content (AvgIpc) is 2.38. The molecule has 436 valence electrons. The van der Waals surface area contributed by atoms with Crippen LogP contribution in [0.2, 0.25) is 0 Å². The van der Waals surface area contributed by atoms with Crippen molar-refractivity contribution in [2.75, 3.05) is 0 Å². The predicted molar refractivity (Wildman–Crippen MR) is 333 cm³/mol. The number of imidazole rings is 4. The highest BCUT2D eigenvalue weighted by atomic mass is 79.9. The Bertz CT molecular complexity index is 4530. The second kappa shape index (κ2) is 25.8. The van der Waals surface area contributed by atoms with E-state index in [-0.39, 0.29) is 51.1 Å². The van der Waals surface area contributed by atoms with Gasteiger partial charge in [-0.2, -0.15) is 0 Å². The zero-order valence-corrected chi connectivity index (χ0v) is 52.6. The van der Waals surface area contributed by atoms with E-state index in [9.17, 15) is 27.6 Å². The molecule has 0 radical (unpaired) electrons. The number of benzene rings is 4. The van der Waals surface area contributed by atoms with E-state index in [1.54, 1.807) is 31.3 Å². The fraction of sp³-hybridized carbons (Fsp3) is 0.308. The van der Waals surface area contributed by atoms with Crippen molar-refractivity contribution >= 4 is 128 Å². The lowest BCUT2D eigenvalue weighted by Crippen LogP contribution is -2.34. The number of hydrogen-bond donors (Lipinski definition) is 5. The van der Waals surface area contributed by atoms with E-state index in [1.807, 2.05) is 114 Å². The van der Waals surface area contributed by atoms with Crippen LogP contribution in [0.25, 0.3) is 59.5 Å². The molecule has 4 aromatic carbocycles. The van der Waals surface area contributed by atoms with Gasteiger partial charge in [-0.25, -0.2) is 46.0 Å². The molecular formula is C52H58BrClN18O6S5. The van der Waals surface area contributed by atoms with E-state index in [0.29, 0.717) is 39.5 Å². The Balaban J connectivity index is 0.000000139. The average molecular weight is 1310 g/mol. The largest absolute Gasteiger partial charge is 0.335 e. The lowest BCUT2D eigenvalue weighted by molar-refractivity contribution is 0.558. The van der Waals surface area contributed by atoms with Crippen LogP contribution in [-0.4, -0.2) is 98.1 Å². The van der Waals surface area contributed by atoms with Gasteiger partial charge in [0.1, 0.15) is 20.0 Å². The van der Waals surface area contributed by atoms with Gasteiger partial charge in [-0.1, -0.05) is 81.7 Å². The second-order valence-corrected chi connectivity index (χ2v) is 27.1. The van der Waals surface area contributed by atoms with Crippen LogP contribution in [0.3, 0.4) is 0 Å². The first-order valence-corrected chi connectivity index (χ1v) is 31.1. The van der Waals surface area contributed by atoms with Crippen LogP contribution in [0.15, 0.2) is 119 Å². The Morgan fingerprint density at radius 3 is 1.40 bits per heavy atom. The minimum atomic E-state index is -3.66. The summed E-state index contributed by atoms with van der Waals surface area (Å²) in [6, 6.07) is 27.5. The molecule has 0 saturated heterocycles. The van der Waals surface area contributed by atoms with Crippen molar-refractivity contribution in [2.45, 2.75) is 110 Å². The molecule has 2 saturated carbocycles. The first-order chi connectivity index (χ1) is 39.1. The maximum atomic E-state index is 12.8. The standard InChI is InChI=1S/C16H19N5O3S2.C12H12N4OS.C10H8N4OS.C7H6N2O.C4H9N.C3H3BrN2S.ClH/c1-4-20-12-6-5-11(26(23,24)19-16(3)7-8-16)9-13(12)21(15(20)22)14-18-17-10(2)25-14;1-3-15-9-6-4-5-7-10(9)16(12(15)17)11-14-13-8(2)18-11;1-6-12-13-10(16-6)14-8-5-3-2-4-7(8)11-9(14)15;10-7-8-5-3-1-2-4-6(5)9-7;1-4(5)2-3-4;1-2-5-6-3(4)7-2;/h5-6,9,19H,4,7-8H2,1-3H3;4-7H,3H2,1-2H3;2-5H,1H3,(H,11,15);1-4H,(H2,8,9,10);2-3,5H2,1H3;1H3;1H. The fourth-order valence-corrected chi connectivity index (χ4v) is 12.9. The molecule has 2 aliphatic carbocycles. The number of H-pyrrole nitrogens is 3. The van der Waals surface area contributed by atoms with Gasteiger partial charge >= 0.3 is 22.8 Å². The highest BCUT2D eigenvalue weighted by molar-refractivity contribution is 9.11. The molecule has 0 spiro atoms. The Labute approximate surface area is 504 Å². The van der Waals surface area contributed by atoms with Crippen molar-refractivity contribution < 1.29 is 8.42 Å². The Hall–Kier alpha value is -7.16. The van der Waals surface area contributed by atoms with Gasteiger partial charge in [0, 0.05) is 24.2 Å². The first kappa shape index (κ1) is 61.9. The maximum absolute atomic E-state index is 12.8. The van der Waals surface area contributed by atoms with Crippen LogP contribution >= 0.6 is 73.7 Å². The predicted octanol–water partition coefficient (Wildman–Crippen LogP) is 8.64. The summed E-state index contributed by atoms with van der Waals surface area (Å²) >= 11 is 8.82. The molecule has 0 amide bonds. The van der Waals surface area contributed by atoms with Gasteiger partial charge in [0.25, 0.3) is 0 Å². The number of hydrogen-bond acceptors (Lipinski definition) is 19. The number of nitrogens with zero attached hydrogens (tertiary/aromatic N) is 13. The molecular weight excluding hydrogens is 1250 g/mol. The minimum absolute atomic E-state index is 0. The highest BCUT2D eigenvalue weighted by Gasteiger charge is 2.41. The topological polar surface area (TPSA) is 316 Å². The van der Waals surface area contributed by atoms with Crippen LogP contribution in [0, 0.1) is 27.7 Å². The number of halogens is 2. The minimum Gasteiger partial charge on any atom is -0.325 e. The SMILES string of the molecule is CC1(N)CC1.CCn1c(=O)n(-c2nnc(C)s2)c2cc(S(=O)(=O)NC3(C)CC3)ccc21.CCn1c(=O)n(-c2nnc(C)s2)c2ccccc21.Cc1nnc(-n2c(=O)[nH]c3ccccc32)s1.Cc1nnc(Br)s1.Cl.O=c1[nH]c2ccccc2[nH]1. The van der Waals surface area contributed by atoms with Crippen LogP contribution < -0.4 is 33.2 Å². The Morgan fingerprint density at radius 2 is 0.976 bits per heavy atom. The zero-order valence-electron chi connectivity index (χ0n) is 46.1. The smallest absolute Gasteiger partial charge is 0.325 e. The van der Waals surface area contributed by atoms with Crippen molar-refractivity contribution in [1.82, 2.24) is 83.3 Å². The summed E-state index contributed by atoms with van der Waals surface area (Å²) in [6.45, 7) is 16.4. The van der Waals surface area contributed by atoms with Crippen molar-refractivity contribution in [1.29, 1.82) is 0 Å². The summed E-state index contributed by atoms with van der Waals surface area (Å²) in [5, 5.41) is 36.5. The quantitative estimate of drug-likeness (QED) is 0.0950. The first-order valence-electron chi connectivity index (χ1n) is 25.6. The number of nitrogens with two attached hydrogens (primary N) is 1. The molecule has 6 N–H and O–H groups in total. The van der Waals surface area contributed by atoms with Gasteiger partial charge in [-0.05, 0) is 152 Å². The van der Waals surface area contributed by atoms with E-state index < -0.39 is 10.0 Å². The van der Waals surface area contributed by atoms with E-state index in [2.05, 4.69) is 83.3 Å². The maximum Gasteiger partial charge on any atom is 0.335 e. The molecule has 8 heterocycles. The molecule has 0 bridgehead atoms. The van der Waals surface area contributed by atoms with Gasteiger partial charge in [0.15, 0.2) is 3.92 Å². The number of sulfonamides is 1. The van der Waals surface area contributed by atoms with Crippen LogP contribution in [-0.2, 0) is 23.1 Å². The number of rotatable bonds is 8. The molecule has 24 nitrogen and oxygen atoms in total. The molecule has 0 unspecified atom stereocenters. The molecule has 2 aliphatic rings. The lowest BCUT2D eigenvalue weighted by atomic mass is 10.3. The molecule has 0 atom stereocenters. The van der Waals surface area contributed by atoms with E-state index >= 15 is 0 Å². The number of para-hydroxylation sites is 6. The normalized spacial score (nSPS) is 13.5. The molecule has 2 fully saturated rings. The van der Waals surface area contributed by atoms with E-state index in [1.165, 1.54) is 74.9 Å². The molecule has 14 rings (SSSR count). The highest BCUT2D eigenvalue weighted by Crippen LogP contribution is 2.36. The molecule has 83 heavy (non-hydrogen) atoms. The molecule has 0 aliphatic heterocycles. The Kier molecular flexibility index (Phi) is 19.2. The summed E-state index contributed by atoms with van der Waals surface area (Å²) in [7, 11) is -3.66. The monoisotopic (exact) mass is 1300 g/mol. The zero-order chi connectivity index (χ0) is 58.7. The van der Waals surface area contributed by atoms with Gasteiger partial charge in [0.05, 0.1) is 49.0 Å². The fourth-order valence-electron chi connectivity index (χ4n) is 8.09. The van der Waals surface area contributed by atoms with Gasteiger partial charge in [-0.3, -0.25) is 9.13 Å². The van der Waals surface area contributed by atoms with E-state index in [4.69, 9.17) is 5.73 Å². The number of aromatic nitrogens is 16. The summed E-state index contributed by atoms with van der Waals surface area (Å²) in [5.74, 6) is 0. The molecule has 31 heteroatoms. The lowest BCUT2D eigenvalue weighted by Gasteiger charge is -2.12.